The summed E-state index contributed by atoms with van der Waals surface area (Å²) >= 11 is 6.28. The van der Waals surface area contributed by atoms with Crippen LogP contribution in [-0.4, -0.2) is 11.5 Å². The second kappa shape index (κ2) is 6.12. The van der Waals surface area contributed by atoms with Gasteiger partial charge in [-0.15, -0.1) is 0 Å². The van der Waals surface area contributed by atoms with Gasteiger partial charge in [0.2, 0.25) is 0 Å². The number of ether oxygens (including phenoxy) is 1. The van der Waals surface area contributed by atoms with Crippen molar-refractivity contribution in [3.05, 3.63) is 65.3 Å². The Morgan fingerprint density at radius 3 is 2.71 bits per heavy atom. The number of hydrogen-bond acceptors (Lipinski definition) is 3. The molecule has 3 aromatic rings. The molecule has 2 aromatic carbocycles. The molecule has 0 unspecified atom stereocenters. The predicted molar refractivity (Wildman–Crippen MR) is 86.0 cm³/mol. The minimum atomic E-state index is 0.578. The van der Waals surface area contributed by atoms with Crippen LogP contribution < -0.4 is 10.5 Å². The van der Waals surface area contributed by atoms with Crippen LogP contribution in [0, 0.1) is 0 Å². The van der Waals surface area contributed by atoms with Gasteiger partial charge in [0.05, 0.1) is 5.02 Å². The molecular formula is C17H15ClN2O. The average Bonchev–Trinajstić information content (AvgIpc) is 2.51. The Bertz CT molecular complexity index is 768. The number of nitrogens with zero attached hydrogens (tertiary/aromatic N) is 1. The summed E-state index contributed by atoms with van der Waals surface area (Å²) in [7, 11) is 0. The lowest BCUT2D eigenvalue weighted by atomic mass is 10.1. The molecule has 0 aliphatic carbocycles. The number of nitrogens with two attached hydrogens (primary N) is 1. The summed E-state index contributed by atoms with van der Waals surface area (Å²) < 4.78 is 5.93. The van der Waals surface area contributed by atoms with Crippen molar-refractivity contribution in [3.63, 3.8) is 0 Å². The average molecular weight is 299 g/mol. The van der Waals surface area contributed by atoms with E-state index in [2.05, 4.69) is 4.98 Å². The van der Waals surface area contributed by atoms with Crippen molar-refractivity contribution in [2.75, 3.05) is 6.54 Å². The second-order valence-electron chi connectivity index (χ2n) is 4.74. The summed E-state index contributed by atoms with van der Waals surface area (Å²) in [5, 5.41) is 1.61. The predicted octanol–water partition coefficient (Wildman–Crippen LogP) is 4.18. The van der Waals surface area contributed by atoms with Crippen LogP contribution in [0.25, 0.3) is 10.9 Å². The van der Waals surface area contributed by atoms with Crippen molar-refractivity contribution in [2.45, 2.75) is 6.42 Å². The zero-order valence-electron chi connectivity index (χ0n) is 11.4. The highest BCUT2D eigenvalue weighted by atomic mass is 35.5. The van der Waals surface area contributed by atoms with Gasteiger partial charge in [-0.1, -0.05) is 35.9 Å². The third-order valence-electron chi connectivity index (χ3n) is 3.24. The molecule has 0 saturated carbocycles. The van der Waals surface area contributed by atoms with Crippen LogP contribution in [0.5, 0.6) is 11.5 Å². The van der Waals surface area contributed by atoms with Gasteiger partial charge in [-0.3, -0.25) is 4.98 Å². The Hall–Kier alpha value is -2.10. The molecule has 0 bridgehead atoms. The molecule has 3 nitrogen and oxygen atoms in total. The number of para-hydroxylation sites is 1. The third-order valence-corrected chi connectivity index (χ3v) is 3.54. The highest BCUT2D eigenvalue weighted by molar-refractivity contribution is 6.32. The molecule has 0 aliphatic heterocycles. The Labute approximate surface area is 128 Å². The van der Waals surface area contributed by atoms with E-state index in [9.17, 15) is 0 Å². The number of benzene rings is 2. The van der Waals surface area contributed by atoms with Gasteiger partial charge in [0.25, 0.3) is 0 Å². The van der Waals surface area contributed by atoms with Gasteiger partial charge in [-0.05, 0) is 42.8 Å². The normalized spacial score (nSPS) is 10.8. The summed E-state index contributed by atoms with van der Waals surface area (Å²) in [4.78, 5) is 4.37. The van der Waals surface area contributed by atoms with Crippen molar-refractivity contribution in [1.29, 1.82) is 0 Å². The van der Waals surface area contributed by atoms with Crippen LogP contribution in [0.4, 0.5) is 0 Å². The Morgan fingerprint density at radius 1 is 1.05 bits per heavy atom. The quantitative estimate of drug-likeness (QED) is 0.786. The first-order valence-electron chi connectivity index (χ1n) is 6.78. The molecule has 106 valence electrons. The summed E-state index contributed by atoms with van der Waals surface area (Å²) in [5.74, 6) is 1.32. The van der Waals surface area contributed by atoms with E-state index in [1.807, 2.05) is 48.5 Å². The van der Waals surface area contributed by atoms with Crippen LogP contribution in [-0.2, 0) is 6.42 Å². The van der Waals surface area contributed by atoms with E-state index < -0.39 is 0 Å². The van der Waals surface area contributed by atoms with Crippen molar-refractivity contribution in [1.82, 2.24) is 4.98 Å². The molecule has 0 spiro atoms. The number of pyridine rings is 1. The summed E-state index contributed by atoms with van der Waals surface area (Å²) in [6, 6.07) is 15.5. The molecule has 0 amide bonds. The Morgan fingerprint density at radius 2 is 1.90 bits per heavy atom. The number of halogens is 1. The van der Waals surface area contributed by atoms with E-state index in [-0.39, 0.29) is 0 Å². The molecule has 0 aliphatic rings. The fraction of sp³-hybridized carbons (Fsp3) is 0.118. The van der Waals surface area contributed by atoms with Gasteiger partial charge >= 0.3 is 0 Å². The number of fused-ring (bicyclic) bond motifs is 1. The molecule has 1 aromatic heterocycles. The number of aromatic nitrogens is 1. The van der Waals surface area contributed by atoms with Crippen molar-refractivity contribution in [2.24, 2.45) is 5.73 Å². The SMILES string of the molecule is NCCc1ccc(Oc2cccc3cccnc23)c(Cl)c1. The highest BCUT2D eigenvalue weighted by Crippen LogP contribution is 2.33. The van der Waals surface area contributed by atoms with E-state index in [4.69, 9.17) is 22.1 Å². The topological polar surface area (TPSA) is 48.1 Å². The summed E-state index contributed by atoms with van der Waals surface area (Å²) in [6.45, 7) is 0.601. The van der Waals surface area contributed by atoms with E-state index in [0.717, 1.165) is 22.9 Å². The fourth-order valence-corrected chi connectivity index (χ4v) is 2.47. The minimum absolute atomic E-state index is 0.578. The molecule has 3 rings (SSSR count). The third kappa shape index (κ3) is 2.99. The van der Waals surface area contributed by atoms with Crippen molar-refractivity contribution in [3.8, 4) is 11.5 Å². The molecule has 4 heteroatoms. The van der Waals surface area contributed by atoms with E-state index >= 15 is 0 Å². The van der Waals surface area contributed by atoms with E-state index in [0.29, 0.717) is 23.1 Å². The summed E-state index contributed by atoms with van der Waals surface area (Å²) in [5.41, 5.74) is 7.48. The molecule has 0 atom stereocenters. The maximum Gasteiger partial charge on any atom is 0.153 e. The van der Waals surface area contributed by atoms with E-state index in [1.54, 1.807) is 6.20 Å². The lowest BCUT2D eigenvalue weighted by molar-refractivity contribution is 0.487. The molecule has 0 saturated heterocycles. The Kier molecular flexibility index (Phi) is 4.04. The van der Waals surface area contributed by atoms with Crippen LogP contribution in [0.1, 0.15) is 5.56 Å². The van der Waals surface area contributed by atoms with Crippen molar-refractivity contribution >= 4 is 22.5 Å². The fourth-order valence-electron chi connectivity index (χ4n) is 2.23. The van der Waals surface area contributed by atoms with Crippen LogP contribution >= 0.6 is 11.6 Å². The van der Waals surface area contributed by atoms with Gasteiger partial charge in [0, 0.05) is 11.6 Å². The largest absolute Gasteiger partial charge is 0.454 e. The zero-order chi connectivity index (χ0) is 14.7. The molecular weight excluding hydrogens is 284 g/mol. The maximum atomic E-state index is 6.28. The first-order valence-corrected chi connectivity index (χ1v) is 7.16. The van der Waals surface area contributed by atoms with Gasteiger partial charge in [0.1, 0.15) is 11.3 Å². The molecule has 0 fully saturated rings. The van der Waals surface area contributed by atoms with Gasteiger partial charge in [-0.2, -0.15) is 0 Å². The van der Waals surface area contributed by atoms with Gasteiger partial charge < -0.3 is 10.5 Å². The standard InChI is InChI=1S/C17H15ClN2O/c18-14-11-12(8-9-19)6-7-15(14)21-16-5-1-3-13-4-2-10-20-17(13)16/h1-7,10-11H,8-9,19H2. The maximum absolute atomic E-state index is 6.28. The first kappa shape index (κ1) is 13.9. The number of rotatable bonds is 4. The highest BCUT2D eigenvalue weighted by Gasteiger charge is 2.08. The molecule has 1 heterocycles. The lowest BCUT2D eigenvalue weighted by Crippen LogP contribution is -2.02. The Balaban J connectivity index is 1.95. The van der Waals surface area contributed by atoms with Crippen molar-refractivity contribution < 1.29 is 4.74 Å². The lowest BCUT2D eigenvalue weighted by Gasteiger charge is -2.10. The molecule has 0 radical (unpaired) electrons. The first-order chi connectivity index (χ1) is 10.3. The monoisotopic (exact) mass is 298 g/mol. The van der Waals surface area contributed by atoms with E-state index in [1.165, 1.54) is 0 Å². The number of hydrogen-bond donors (Lipinski definition) is 1. The zero-order valence-corrected chi connectivity index (χ0v) is 12.2. The second-order valence-corrected chi connectivity index (χ2v) is 5.14. The van der Waals surface area contributed by atoms with Gasteiger partial charge in [-0.25, -0.2) is 0 Å². The molecule has 2 N–H and O–H groups in total. The van der Waals surface area contributed by atoms with Crippen LogP contribution in [0.3, 0.4) is 0 Å². The van der Waals surface area contributed by atoms with Gasteiger partial charge in [0.15, 0.2) is 5.75 Å². The summed E-state index contributed by atoms with van der Waals surface area (Å²) in [6.07, 6.45) is 2.55. The van der Waals surface area contributed by atoms with Crippen LogP contribution in [0.2, 0.25) is 5.02 Å². The smallest absolute Gasteiger partial charge is 0.153 e. The van der Waals surface area contributed by atoms with Crippen LogP contribution in [0.15, 0.2) is 54.7 Å². The minimum Gasteiger partial charge on any atom is -0.454 e. The molecule has 21 heavy (non-hydrogen) atoms.